The number of amides is 1. The molecule has 0 saturated heterocycles. The van der Waals surface area contributed by atoms with Gasteiger partial charge in [-0.25, -0.2) is 4.79 Å². The lowest BCUT2D eigenvalue weighted by molar-refractivity contribution is -0.113. The van der Waals surface area contributed by atoms with Gasteiger partial charge >= 0.3 is 5.97 Å². The Hall–Kier alpha value is -3.05. The molecular formula is C22H21N3O6S2. The highest BCUT2D eigenvalue weighted by Gasteiger charge is 2.29. The summed E-state index contributed by atoms with van der Waals surface area (Å²) in [5.74, 6) is 0.958. The van der Waals surface area contributed by atoms with Crippen molar-refractivity contribution in [2.24, 2.45) is 0 Å². The Bertz CT molecular complexity index is 1190. The van der Waals surface area contributed by atoms with Gasteiger partial charge in [0.2, 0.25) is 12.0 Å². The third-order valence-electron chi connectivity index (χ3n) is 5.19. The number of thioether (sulfide) groups is 1. The number of aryl methyl sites for hydroxylation is 1. The van der Waals surface area contributed by atoms with Gasteiger partial charge in [-0.1, -0.05) is 23.9 Å². The molecular weight excluding hydrogens is 466 g/mol. The van der Waals surface area contributed by atoms with Crippen LogP contribution in [-0.2, 0) is 22.4 Å². The summed E-state index contributed by atoms with van der Waals surface area (Å²) >= 11 is 2.56. The van der Waals surface area contributed by atoms with E-state index in [1.165, 1.54) is 11.3 Å². The van der Waals surface area contributed by atoms with Gasteiger partial charge in [-0.2, -0.15) is 0 Å². The number of carbonyl (C=O) groups is 2. The lowest BCUT2D eigenvalue weighted by Gasteiger charge is -2.23. The number of anilines is 1. The highest BCUT2D eigenvalue weighted by atomic mass is 32.2. The van der Waals surface area contributed by atoms with Crippen molar-refractivity contribution in [3.8, 4) is 11.5 Å². The van der Waals surface area contributed by atoms with Crippen LogP contribution in [0.15, 0.2) is 33.9 Å². The van der Waals surface area contributed by atoms with E-state index >= 15 is 0 Å². The average Bonchev–Trinajstić information content (AvgIpc) is 3.54. The molecule has 5 rings (SSSR count). The number of para-hydroxylation sites is 2. The van der Waals surface area contributed by atoms with Gasteiger partial charge in [0, 0.05) is 4.88 Å². The zero-order valence-corrected chi connectivity index (χ0v) is 19.4. The molecule has 1 N–H and O–H groups in total. The highest BCUT2D eigenvalue weighted by Crippen LogP contribution is 2.40. The number of nitrogens with zero attached hydrogens (tertiary/aromatic N) is 2. The number of fused-ring (bicyclic) bond motifs is 2. The molecule has 1 atom stereocenters. The minimum absolute atomic E-state index is 0.0529. The molecule has 9 nitrogen and oxygen atoms in total. The first-order valence-electron chi connectivity index (χ1n) is 10.6. The first-order chi connectivity index (χ1) is 16.1. The lowest BCUT2D eigenvalue weighted by atomic mass is 10.1. The summed E-state index contributed by atoms with van der Waals surface area (Å²) in [5, 5.41) is 11.7. The van der Waals surface area contributed by atoms with Crippen LogP contribution in [0.1, 0.15) is 46.1 Å². The Kier molecular flexibility index (Phi) is 6.23. The van der Waals surface area contributed by atoms with Crippen LogP contribution < -0.4 is 14.8 Å². The lowest BCUT2D eigenvalue weighted by Crippen LogP contribution is -2.21. The van der Waals surface area contributed by atoms with Crippen molar-refractivity contribution in [2.45, 2.75) is 37.5 Å². The number of carbonyl (C=O) groups excluding carboxylic acids is 2. The van der Waals surface area contributed by atoms with Crippen LogP contribution in [0.25, 0.3) is 0 Å². The van der Waals surface area contributed by atoms with E-state index in [2.05, 4.69) is 15.5 Å². The Morgan fingerprint density at radius 1 is 1.24 bits per heavy atom. The topological polar surface area (TPSA) is 113 Å². The SMILES string of the molecule is CCOC(=O)c1c(NC(=O)CSc2nnc(C3COc4ccccc4O3)o2)sc2c1CCC2. The van der Waals surface area contributed by atoms with Gasteiger partial charge in [0.1, 0.15) is 11.6 Å². The monoisotopic (exact) mass is 487 g/mol. The van der Waals surface area contributed by atoms with E-state index < -0.39 is 12.1 Å². The zero-order valence-electron chi connectivity index (χ0n) is 17.8. The van der Waals surface area contributed by atoms with Crippen molar-refractivity contribution in [3.05, 3.63) is 46.2 Å². The van der Waals surface area contributed by atoms with E-state index in [9.17, 15) is 9.59 Å². The molecule has 0 bridgehead atoms. The second kappa shape index (κ2) is 9.44. The standard InChI is InChI=1S/C22H21N3O6S2/c1-2-28-21(27)18-12-6-5-9-16(12)33-20(18)23-17(26)11-32-22-25-24-19(31-22)15-10-29-13-7-3-4-8-14(13)30-15/h3-4,7-8,15H,2,5-6,9-11H2,1H3,(H,23,26). The number of hydrogen-bond donors (Lipinski definition) is 1. The molecule has 0 spiro atoms. The number of benzene rings is 1. The summed E-state index contributed by atoms with van der Waals surface area (Å²) in [4.78, 5) is 26.2. The van der Waals surface area contributed by atoms with Gasteiger partial charge in [-0.15, -0.1) is 21.5 Å². The highest BCUT2D eigenvalue weighted by molar-refractivity contribution is 7.99. The van der Waals surface area contributed by atoms with Crippen LogP contribution in [0.2, 0.25) is 0 Å². The Morgan fingerprint density at radius 3 is 2.94 bits per heavy atom. The molecule has 11 heteroatoms. The van der Waals surface area contributed by atoms with Gasteiger partial charge in [0.25, 0.3) is 11.1 Å². The minimum atomic E-state index is -0.517. The van der Waals surface area contributed by atoms with E-state index in [0.29, 0.717) is 22.1 Å². The van der Waals surface area contributed by atoms with Gasteiger partial charge in [0.15, 0.2) is 11.5 Å². The number of aromatic nitrogens is 2. The number of nitrogens with one attached hydrogen (secondary N) is 1. The predicted molar refractivity (Wildman–Crippen MR) is 121 cm³/mol. The van der Waals surface area contributed by atoms with E-state index in [4.69, 9.17) is 18.6 Å². The number of esters is 1. The molecule has 2 aliphatic rings. The van der Waals surface area contributed by atoms with Crippen LogP contribution >= 0.6 is 23.1 Å². The predicted octanol–water partition coefficient (Wildman–Crippen LogP) is 4.04. The molecule has 1 aliphatic carbocycles. The molecule has 2 aromatic heterocycles. The average molecular weight is 488 g/mol. The van der Waals surface area contributed by atoms with Crippen molar-refractivity contribution in [3.63, 3.8) is 0 Å². The van der Waals surface area contributed by atoms with Crippen LogP contribution in [0.3, 0.4) is 0 Å². The van der Waals surface area contributed by atoms with Crippen molar-refractivity contribution < 1.29 is 28.2 Å². The molecule has 1 aromatic carbocycles. The Balaban J connectivity index is 1.20. The fourth-order valence-electron chi connectivity index (χ4n) is 3.75. The van der Waals surface area contributed by atoms with Gasteiger partial charge in [0.05, 0.1) is 17.9 Å². The molecule has 1 amide bonds. The third kappa shape index (κ3) is 4.55. The van der Waals surface area contributed by atoms with E-state index in [1.807, 2.05) is 24.3 Å². The Morgan fingerprint density at radius 2 is 2.09 bits per heavy atom. The maximum atomic E-state index is 12.6. The van der Waals surface area contributed by atoms with E-state index in [0.717, 1.165) is 41.5 Å². The number of ether oxygens (including phenoxy) is 3. The van der Waals surface area contributed by atoms with Crippen molar-refractivity contribution in [1.82, 2.24) is 10.2 Å². The minimum Gasteiger partial charge on any atom is -0.485 e. The summed E-state index contributed by atoms with van der Waals surface area (Å²) in [5.41, 5.74) is 1.49. The number of thiophene rings is 1. The summed E-state index contributed by atoms with van der Waals surface area (Å²) in [6.07, 6.45) is 2.24. The first-order valence-corrected chi connectivity index (χ1v) is 12.4. The summed E-state index contributed by atoms with van der Waals surface area (Å²) in [7, 11) is 0. The quantitative estimate of drug-likeness (QED) is 0.390. The van der Waals surface area contributed by atoms with Crippen LogP contribution in [0.4, 0.5) is 5.00 Å². The van der Waals surface area contributed by atoms with Crippen LogP contribution in [0.5, 0.6) is 11.5 Å². The van der Waals surface area contributed by atoms with Crippen LogP contribution in [0, 0.1) is 0 Å². The fraction of sp³-hybridized carbons (Fsp3) is 0.364. The molecule has 1 unspecified atom stereocenters. The largest absolute Gasteiger partial charge is 0.485 e. The van der Waals surface area contributed by atoms with Crippen molar-refractivity contribution in [1.29, 1.82) is 0 Å². The maximum absolute atomic E-state index is 12.6. The van der Waals surface area contributed by atoms with E-state index in [-0.39, 0.29) is 36.0 Å². The van der Waals surface area contributed by atoms with Crippen molar-refractivity contribution >= 4 is 40.0 Å². The summed E-state index contributed by atoms with van der Waals surface area (Å²) in [6, 6.07) is 7.36. The first kappa shape index (κ1) is 21.8. The van der Waals surface area contributed by atoms with Gasteiger partial charge in [-0.3, -0.25) is 4.79 Å². The molecule has 0 radical (unpaired) electrons. The fourth-order valence-corrected chi connectivity index (χ4v) is 5.61. The molecule has 33 heavy (non-hydrogen) atoms. The second-order valence-corrected chi connectivity index (χ2v) is 9.42. The van der Waals surface area contributed by atoms with Crippen LogP contribution in [-0.4, -0.2) is 41.0 Å². The summed E-state index contributed by atoms with van der Waals surface area (Å²) < 4.78 is 22.4. The molecule has 0 saturated carbocycles. The molecule has 3 aromatic rings. The van der Waals surface area contributed by atoms with Gasteiger partial charge < -0.3 is 23.9 Å². The number of hydrogen-bond acceptors (Lipinski definition) is 10. The van der Waals surface area contributed by atoms with E-state index in [1.54, 1.807) is 6.92 Å². The van der Waals surface area contributed by atoms with Gasteiger partial charge in [-0.05, 0) is 43.9 Å². The molecule has 1 aliphatic heterocycles. The third-order valence-corrected chi connectivity index (χ3v) is 7.21. The smallest absolute Gasteiger partial charge is 0.341 e. The second-order valence-electron chi connectivity index (χ2n) is 7.39. The molecule has 0 fully saturated rings. The number of rotatable bonds is 7. The molecule has 3 heterocycles. The normalized spacial score (nSPS) is 16.3. The maximum Gasteiger partial charge on any atom is 0.341 e. The molecule has 172 valence electrons. The van der Waals surface area contributed by atoms with Crippen molar-refractivity contribution in [2.75, 3.05) is 24.3 Å². The summed E-state index contributed by atoms with van der Waals surface area (Å²) in [6.45, 7) is 2.30. The Labute approximate surface area is 197 Å². The zero-order chi connectivity index (χ0) is 22.8.